The molecule has 0 unspecified atom stereocenters. The molecular formula is C22H32N4OS. The van der Waals surface area contributed by atoms with E-state index in [2.05, 4.69) is 61.2 Å². The lowest BCUT2D eigenvalue weighted by Crippen LogP contribution is -2.40. The van der Waals surface area contributed by atoms with Crippen molar-refractivity contribution in [2.45, 2.75) is 59.4 Å². The molecule has 152 valence electrons. The Morgan fingerprint density at radius 1 is 1.25 bits per heavy atom. The van der Waals surface area contributed by atoms with Crippen molar-refractivity contribution in [1.29, 1.82) is 0 Å². The standard InChI is InChI=1S/C22H32N4OS/c1-16(2)26(14-11-21(27)25-12-9-18(4)10-13-25)22-23-20(24-28-22)15-19-7-5-17(3)6-8-19/h5-8,16,18H,9-15H2,1-4H3. The molecule has 1 aliphatic rings. The second kappa shape index (κ2) is 9.50. The van der Waals surface area contributed by atoms with Gasteiger partial charge in [-0.25, -0.2) is 4.98 Å². The van der Waals surface area contributed by atoms with Crippen LogP contribution in [0.25, 0.3) is 0 Å². The summed E-state index contributed by atoms with van der Waals surface area (Å²) in [6.45, 7) is 11.2. The van der Waals surface area contributed by atoms with Gasteiger partial charge in [-0.05, 0) is 45.1 Å². The normalized spacial score (nSPS) is 15.2. The summed E-state index contributed by atoms with van der Waals surface area (Å²) in [6, 6.07) is 8.80. The van der Waals surface area contributed by atoms with Crippen molar-refractivity contribution in [2.75, 3.05) is 24.5 Å². The smallest absolute Gasteiger partial charge is 0.224 e. The van der Waals surface area contributed by atoms with Crippen LogP contribution in [-0.2, 0) is 11.2 Å². The van der Waals surface area contributed by atoms with Gasteiger partial charge >= 0.3 is 0 Å². The summed E-state index contributed by atoms with van der Waals surface area (Å²) < 4.78 is 4.56. The molecule has 3 rings (SSSR count). The van der Waals surface area contributed by atoms with Crippen molar-refractivity contribution < 1.29 is 4.79 Å². The number of aromatic nitrogens is 2. The van der Waals surface area contributed by atoms with Gasteiger partial charge in [-0.2, -0.15) is 4.37 Å². The molecule has 1 fully saturated rings. The molecule has 2 aromatic rings. The lowest BCUT2D eigenvalue weighted by atomic mass is 9.99. The van der Waals surface area contributed by atoms with E-state index in [0.717, 1.165) is 49.2 Å². The maximum Gasteiger partial charge on any atom is 0.224 e. The highest BCUT2D eigenvalue weighted by atomic mass is 32.1. The van der Waals surface area contributed by atoms with E-state index in [1.165, 1.54) is 22.7 Å². The molecule has 2 heterocycles. The molecule has 5 nitrogen and oxygen atoms in total. The quantitative estimate of drug-likeness (QED) is 0.695. The second-order valence-electron chi connectivity index (χ2n) is 8.26. The Balaban J connectivity index is 1.58. The van der Waals surface area contributed by atoms with Gasteiger partial charge < -0.3 is 9.80 Å². The fraction of sp³-hybridized carbons (Fsp3) is 0.591. The molecule has 1 saturated heterocycles. The number of piperidine rings is 1. The minimum absolute atomic E-state index is 0.266. The van der Waals surface area contributed by atoms with Crippen molar-refractivity contribution in [3.8, 4) is 0 Å². The number of amides is 1. The number of hydrogen-bond acceptors (Lipinski definition) is 5. The number of carbonyl (C=O) groups excluding carboxylic acids is 1. The monoisotopic (exact) mass is 400 g/mol. The Bertz CT molecular complexity index is 763. The molecule has 0 N–H and O–H groups in total. The molecule has 28 heavy (non-hydrogen) atoms. The Morgan fingerprint density at radius 2 is 1.93 bits per heavy atom. The first-order valence-corrected chi connectivity index (χ1v) is 11.1. The number of hydrogen-bond donors (Lipinski definition) is 0. The zero-order valence-electron chi connectivity index (χ0n) is 17.5. The first-order chi connectivity index (χ1) is 13.4. The zero-order valence-corrected chi connectivity index (χ0v) is 18.3. The first-order valence-electron chi connectivity index (χ1n) is 10.3. The van der Waals surface area contributed by atoms with Crippen molar-refractivity contribution in [2.24, 2.45) is 5.92 Å². The Hall–Kier alpha value is -1.95. The van der Waals surface area contributed by atoms with Crippen LogP contribution in [-0.4, -0.2) is 45.8 Å². The van der Waals surface area contributed by atoms with Crippen LogP contribution in [0.4, 0.5) is 5.13 Å². The third kappa shape index (κ3) is 5.53. The van der Waals surface area contributed by atoms with Gasteiger partial charge in [0.1, 0.15) is 5.82 Å². The number of anilines is 1. The molecule has 0 bridgehead atoms. The highest BCUT2D eigenvalue weighted by Crippen LogP contribution is 2.22. The molecule has 1 aromatic heterocycles. The van der Waals surface area contributed by atoms with Gasteiger partial charge in [0.2, 0.25) is 11.0 Å². The molecule has 6 heteroatoms. The number of nitrogens with zero attached hydrogens (tertiary/aromatic N) is 4. The topological polar surface area (TPSA) is 49.3 Å². The number of aryl methyl sites for hydroxylation is 1. The van der Waals surface area contributed by atoms with Gasteiger partial charge in [-0.3, -0.25) is 4.79 Å². The summed E-state index contributed by atoms with van der Waals surface area (Å²) in [5.41, 5.74) is 2.48. The summed E-state index contributed by atoms with van der Waals surface area (Å²) in [7, 11) is 0. The number of benzene rings is 1. The fourth-order valence-electron chi connectivity index (χ4n) is 3.53. The van der Waals surface area contributed by atoms with Gasteiger partial charge in [0.05, 0.1) is 0 Å². The van der Waals surface area contributed by atoms with Crippen LogP contribution in [0.2, 0.25) is 0 Å². The third-order valence-corrected chi connectivity index (χ3v) is 6.30. The van der Waals surface area contributed by atoms with Gasteiger partial charge in [0, 0.05) is 50.1 Å². The van der Waals surface area contributed by atoms with Crippen LogP contribution < -0.4 is 4.90 Å². The summed E-state index contributed by atoms with van der Waals surface area (Å²) >= 11 is 1.44. The van der Waals surface area contributed by atoms with Crippen LogP contribution in [0.15, 0.2) is 24.3 Å². The van der Waals surface area contributed by atoms with E-state index in [-0.39, 0.29) is 11.9 Å². The molecular weight excluding hydrogens is 368 g/mol. The van der Waals surface area contributed by atoms with Crippen molar-refractivity contribution in [1.82, 2.24) is 14.3 Å². The molecule has 1 aromatic carbocycles. The van der Waals surface area contributed by atoms with Gasteiger partial charge in [-0.1, -0.05) is 36.8 Å². The number of carbonyl (C=O) groups is 1. The van der Waals surface area contributed by atoms with Crippen LogP contribution in [0.3, 0.4) is 0 Å². The van der Waals surface area contributed by atoms with E-state index >= 15 is 0 Å². The van der Waals surface area contributed by atoms with Crippen molar-refractivity contribution >= 4 is 22.6 Å². The van der Waals surface area contributed by atoms with Crippen LogP contribution >= 0.6 is 11.5 Å². The lowest BCUT2D eigenvalue weighted by Gasteiger charge is -2.32. The molecule has 1 aliphatic heterocycles. The minimum atomic E-state index is 0.266. The molecule has 0 saturated carbocycles. The molecule has 0 atom stereocenters. The summed E-state index contributed by atoms with van der Waals surface area (Å²) in [5, 5.41) is 0.914. The van der Waals surface area contributed by atoms with Crippen molar-refractivity contribution in [3.05, 3.63) is 41.2 Å². The van der Waals surface area contributed by atoms with Crippen molar-refractivity contribution in [3.63, 3.8) is 0 Å². The van der Waals surface area contributed by atoms with E-state index in [1.807, 2.05) is 4.90 Å². The largest absolute Gasteiger partial charge is 0.344 e. The summed E-state index contributed by atoms with van der Waals surface area (Å²) in [6.07, 6.45) is 3.53. The highest BCUT2D eigenvalue weighted by Gasteiger charge is 2.22. The van der Waals surface area contributed by atoms with E-state index in [4.69, 9.17) is 4.98 Å². The molecule has 0 radical (unpaired) electrons. The van der Waals surface area contributed by atoms with E-state index in [1.54, 1.807) is 0 Å². The van der Waals surface area contributed by atoms with E-state index in [9.17, 15) is 4.79 Å². The van der Waals surface area contributed by atoms with E-state index in [0.29, 0.717) is 13.0 Å². The second-order valence-corrected chi connectivity index (χ2v) is 8.99. The molecule has 1 amide bonds. The van der Waals surface area contributed by atoms with Gasteiger partial charge in [0.15, 0.2) is 0 Å². The average Bonchev–Trinajstić information content (AvgIpc) is 3.12. The Morgan fingerprint density at radius 3 is 2.57 bits per heavy atom. The fourth-order valence-corrected chi connectivity index (χ4v) is 4.37. The minimum Gasteiger partial charge on any atom is -0.344 e. The summed E-state index contributed by atoms with van der Waals surface area (Å²) in [5.74, 6) is 1.86. The van der Waals surface area contributed by atoms with Gasteiger partial charge in [-0.15, -0.1) is 0 Å². The third-order valence-electron chi connectivity index (χ3n) is 5.51. The van der Waals surface area contributed by atoms with Crippen LogP contribution in [0.5, 0.6) is 0 Å². The molecule has 0 spiro atoms. The highest BCUT2D eigenvalue weighted by molar-refractivity contribution is 7.09. The SMILES string of the molecule is Cc1ccc(Cc2nsc(N(CCC(=O)N3CCC(C)CC3)C(C)C)n2)cc1. The van der Waals surface area contributed by atoms with E-state index < -0.39 is 0 Å². The average molecular weight is 401 g/mol. The predicted molar refractivity (Wildman–Crippen MR) is 116 cm³/mol. The number of likely N-dealkylation sites (tertiary alicyclic amines) is 1. The Labute approximate surface area is 172 Å². The van der Waals surface area contributed by atoms with Gasteiger partial charge in [0.25, 0.3) is 0 Å². The molecule has 0 aliphatic carbocycles. The van der Waals surface area contributed by atoms with Crippen LogP contribution in [0.1, 0.15) is 57.0 Å². The maximum atomic E-state index is 12.6. The number of rotatable bonds is 7. The predicted octanol–water partition coefficient (Wildman–Crippen LogP) is 4.30. The maximum absolute atomic E-state index is 12.6. The van der Waals surface area contributed by atoms with Crippen LogP contribution in [0, 0.1) is 12.8 Å². The zero-order chi connectivity index (χ0) is 20.1. The lowest BCUT2D eigenvalue weighted by molar-refractivity contribution is -0.132. The first kappa shape index (κ1) is 20.8. The Kier molecular flexibility index (Phi) is 7.05. The summed E-state index contributed by atoms with van der Waals surface area (Å²) in [4.78, 5) is 21.6.